The lowest BCUT2D eigenvalue weighted by atomic mass is 9.94. The van der Waals surface area contributed by atoms with E-state index in [0.717, 1.165) is 6.54 Å². The van der Waals surface area contributed by atoms with E-state index in [1.165, 1.54) is 22.3 Å². The van der Waals surface area contributed by atoms with Gasteiger partial charge in [0, 0.05) is 19.6 Å². The summed E-state index contributed by atoms with van der Waals surface area (Å²) in [5.41, 5.74) is 5.02. The third-order valence-corrected chi connectivity index (χ3v) is 4.15. The number of benzene rings is 2. The van der Waals surface area contributed by atoms with Crippen LogP contribution in [0.4, 0.5) is 0 Å². The van der Waals surface area contributed by atoms with Crippen LogP contribution in [0.15, 0.2) is 48.5 Å². The van der Waals surface area contributed by atoms with Crippen molar-refractivity contribution >= 4 is 5.97 Å². The number of carboxylic acid groups (broad SMARTS) is 1. The van der Waals surface area contributed by atoms with Crippen LogP contribution >= 0.6 is 0 Å². The van der Waals surface area contributed by atoms with Crippen LogP contribution in [0, 0.1) is 12.8 Å². The maximum absolute atomic E-state index is 10.9. The highest BCUT2D eigenvalue weighted by molar-refractivity contribution is 5.72. The molecule has 2 aromatic rings. The van der Waals surface area contributed by atoms with E-state index < -0.39 is 5.97 Å². The van der Waals surface area contributed by atoms with E-state index in [-0.39, 0.29) is 5.92 Å². The fourth-order valence-corrected chi connectivity index (χ4v) is 2.89. The molecule has 1 N–H and O–H groups in total. The SMILES string of the molecule is Cc1ccccc1-c1ccccc1CN1CC(C(=O)O)C1. The van der Waals surface area contributed by atoms with Gasteiger partial charge in [-0.3, -0.25) is 9.69 Å². The van der Waals surface area contributed by atoms with Crippen LogP contribution < -0.4 is 0 Å². The van der Waals surface area contributed by atoms with Gasteiger partial charge in [0.05, 0.1) is 5.92 Å². The summed E-state index contributed by atoms with van der Waals surface area (Å²) in [5, 5.41) is 8.96. The summed E-state index contributed by atoms with van der Waals surface area (Å²) in [6, 6.07) is 16.8. The molecule has 0 saturated carbocycles. The monoisotopic (exact) mass is 281 g/mol. The van der Waals surface area contributed by atoms with Gasteiger partial charge in [-0.2, -0.15) is 0 Å². The fraction of sp³-hybridized carbons (Fsp3) is 0.278. The molecule has 1 heterocycles. The quantitative estimate of drug-likeness (QED) is 0.935. The maximum atomic E-state index is 10.9. The lowest BCUT2D eigenvalue weighted by Gasteiger charge is -2.37. The van der Waals surface area contributed by atoms with Crippen LogP contribution in [0.1, 0.15) is 11.1 Å². The number of carbonyl (C=O) groups is 1. The summed E-state index contributed by atoms with van der Waals surface area (Å²) < 4.78 is 0. The Kier molecular flexibility index (Phi) is 3.76. The number of aryl methyl sites for hydroxylation is 1. The lowest BCUT2D eigenvalue weighted by Crippen LogP contribution is -2.49. The van der Waals surface area contributed by atoms with Gasteiger partial charge in [0.15, 0.2) is 0 Å². The van der Waals surface area contributed by atoms with Crippen molar-refractivity contribution in [1.82, 2.24) is 4.90 Å². The van der Waals surface area contributed by atoms with E-state index in [9.17, 15) is 4.79 Å². The Morgan fingerprint density at radius 1 is 1.10 bits per heavy atom. The van der Waals surface area contributed by atoms with Crippen molar-refractivity contribution in [2.45, 2.75) is 13.5 Å². The Hall–Kier alpha value is -2.13. The molecule has 2 aromatic carbocycles. The molecule has 1 fully saturated rings. The molecule has 1 aliphatic rings. The highest BCUT2D eigenvalue weighted by Gasteiger charge is 2.32. The minimum absolute atomic E-state index is 0.198. The molecule has 3 rings (SSSR count). The normalized spacial score (nSPS) is 15.7. The van der Waals surface area contributed by atoms with Gasteiger partial charge in [-0.05, 0) is 29.2 Å². The predicted octanol–water partition coefficient (Wildman–Crippen LogP) is 3.18. The number of nitrogens with zero attached hydrogens (tertiary/aromatic N) is 1. The van der Waals surface area contributed by atoms with Crippen LogP contribution in [-0.2, 0) is 11.3 Å². The van der Waals surface area contributed by atoms with Gasteiger partial charge < -0.3 is 5.11 Å². The number of rotatable bonds is 4. The Labute approximate surface area is 124 Å². The summed E-state index contributed by atoms with van der Waals surface area (Å²) in [6.45, 7) is 4.24. The Bertz CT molecular complexity index is 660. The van der Waals surface area contributed by atoms with Crippen LogP contribution in [0.3, 0.4) is 0 Å². The van der Waals surface area contributed by atoms with E-state index in [2.05, 4.69) is 48.2 Å². The molecule has 0 unspecified atom stereocenters. The number of hydrogen-bond acceptors (Lipinski definition) is 2. The molecule has 1 saturated heterocycles. The van der Waals surface area contributed by atoms with E-state index in [0.29, 0.717) is 13.1 Å². The second-order valence-corrected chi connectivity index (χ2v) is 5.70. The number of hydrogen-bond donors (Lipinski definition) is 1. The highest BCUT2D eigenvalue weighted by atomic mass is 16.4. The first-order valence-electron chi connectivity index (χ1n) is 7.24. The van der Waals surface area contributed by atoms with Crippen molar-refractivity contribution in [3.8, 4) is 11.1 Å². The van der Waals surface area contributed by atoms with Crippen molar-refractivity contribution in [1.29, 1.82) is 0 Å². The molecule has 0 amide bonds. The van der Waals surface area contributed by atoms with Crippen molar-refractivity contribution in [2.24, 2.45) is 5.92 Å². The minimum Gasteiger partial charge on any atom is -0.481 e. The molecule has 3 heteroatoms. The third-order valence-electron chi connectivity index (χ3n) is 4.15. The Morgan fingerprint density at radius 3 is 2.38 bits per heavy atom. The Balaban J connectivity index is 1.81. The number of likely N-dealkylation sites (tertiary alicyclic amines) is 1. The first kappa shape index (κ1) is 13.8. The maximum Gasteiger partial charge on any atom is 0.309 e. The van der Waals surface area contributed by atoms with Crippen molar-refractivity contribution in [2.75, 3.05) is 13.1 Å². The highest BCUT2D eigenvalue weighted by Crippen LogP contribution is 2.29. The van der Waals surface area contributed by atoms with E-state index in [1.54, 1.807) is 0 Å². The fourth-order valence-electron chi connectivity index (χ4n) is 2.89. The van der Waals surface area contributed by atoms with Gasteiger partial charge >= 0.3 is 5.97 Å². The summed E-state index contributed by atoms with van der Waals surface area (Å²) in [4.78, 5) is 13.1. The van der Waals surface area contributed by atoms with Crippen LogP contribution in [-0.4, -0.2) is 29.1 Å². The summed E-state index contributed by atoms with van der Waals surface area (Å²) in [5.74, 6) is -0.880. The molecular formula is C18H19NO2. The second kappa shape index (κ2) is 5.70. The molecule has 0 bridgehead atoms. The average Bonchev–Trinajstić information content (AvgIpc) is 2.43. The summed E-state index contributed by atoms with van der Waals surface area (Å²) in [7, 11) is 0. The second-order valence-electron chi connectivity index (χ2n) is 5.70. The topological polar surface area (TPSA) is 40.5 Å². The van der Waals surface area contributed by atoms with Gasteiger partial charge in [0.2, 0.25) is 0 Å². The standard InChI is InChI=1S/C18H19NO2/c1-13-6-2-4-8-16(13)17-9-5-3-7-14(17)10-19-11-15(12-19)18(20)21/h2-9,15H,10-12H2,1H3,(H,20,21). The van der Waals surface area contributed by atoms with Gasteiger partial charge in [-0.25, -0.2) is 0 Å². The van der Waals surface area contributed by atoms with E-state index in [4.69, 9.17) is 5.11 Å². The molecule has 108 valence electrons. The smallest absolute Gasteiger partial charge is 0.309 e. The molecule has 0 atom stereocenters. The Morgan fingerprint density at radius 2 is 1.71 bits per heavy atom. The van der Waals surface area contributed by atoms with Gasteiger partial charge in [0.25, 0.3) is 0 Å². The molecule has 1 aliphatic heterocycles. The largest absolute Gasteiger partial charge is 0.481 e. The van der Waals surface area contributed by atoms with Crippen LogP contribution in [0.25, 0.3) is 11.1 Å². The first-order valence-corrected chi connectivity index (χ1v) is 7.24. The van der Waals surface area contributed by atoms with Crippen LogP contribution in [0.5, 0.6) is 0 Å². The van der Waals surface area contributed by atoms with Crippen molar-refractivity contribution in [3.05, 3.63) is 59.7 Å². The zero-order chi connectivity index (χ0) is 14.8. The summed E-state index contributed by atoms with van der Waals surface area (Å²) in [6.07, 6.45) is 0. The molecule has 21 heavy (non-hydrogen) atoms. The number of carboxylic acids is 1. The summed E-state index contributed by atoms with van der Waals surface area (Å²) >= 11 is 0. The molecule has 0 radical (unpaired) electrons. The molecule has 0 spiro atoms. The van der Waals surface area contributed by atoms with E-state index >= 15 is 0 Å². The minimum atomic E-state index is -0.682. The zero-order valence-corrected chi connectivity index (χ0v) is 12.1. The molecule has 3 nitrogen and oxygen atoms in total. The zero-order valence-electron chi connectivity index (χ0n) is 12.1. The van der Waals surface area contributed by atoms with Gasteiger partial charge in [-0.1, -0.05) is 48.5 Å². The number of aliphatic carboxylic acids is 1. The molecular weight excluding hydrogens is 262 g/mol. The van der Waals surface area contributed by atoms with Gasteiger partial charge in [-0.15, -0.1) is 0 Å². The van der Waals surface area contributed by atoms with Gasteiger partial charge in [0.1, 0.15) is 0 Å². The van der Waals surface area contributed by atoms with E-state index in [1.807, 2.05) is 12.1 Å². The van der Waals surface area contributed by atoms with Crippen molar-refractivity contribution in [3.63, 3.8) is 0 Å². The first-order chi connectivity index (χ1) is 10.1. The molecule has 0 aliphatic carbocycles. The van der Waals surface area contributed by atoms with Crippen LogP contribution in [0.2, 0.25) is 0 Å². The third kappa shape index (κ3) is 2.83. The van der Waals surface area contributed by atoms with Crippen molar-refractivity contribution < 1.29 is 9.90 Å². The molecule has 0 aromatic heterocycles. The lowest BCUT2D eigenvalue weighted by molar-refractivity contribution is -0.147. The predicted molar refractivity (Wildman–Crippen MR) is 83.0 cm³/mol. The average molecular weight is 281 g/mol.